The number of hydrogen-bond acceptors (Lipinski definition) is 8. The lowest BCUT2D eigenvalue weighted by atomic mass is 10.4. The fourth-order valence-electron chi connectivity index (χ4n) is 1.27. The van der Waals surface area contributed by atoms with E-state index in [1.807, 2.05) is 0 Å². The fraction of sp³-hybridized carbons (Fsp3) is 0.400. The van der Waals surface area contributed by atoms with Gasteiger partial charge >= 0.3 is 0 Å². The molecule has 0 saturated carbocycles. The molecule has 0 aliphatic carbocycles. The van der Waals surface area contributed by atoms with Crippen LogP contribution in [-0.2, 0) is 0 Å². The number of hydrogen-bond donors (Lipinski definition) is 1. The first-order valence-corrected chi connectivity index (χ1v) is 7.01. The predicted octanol–water partition coefficient (Wildman–Crippen LogP) is 2.31. The highest BCUT2D eigenvalue weighted by Crippen LogP contribution is 2.36. The van der Waals surface area contributed by atoms with E-state index in [1.165, 1.54) is 35.9 Å². The van der Waals surface area contributed by atoms with Crippen molar-refractivity contribution in [2.24, 2.45) is 0 Å². The van der Waals surface area contributed by atoms with E-state index >= 15 is 0 Å². The van der Waals surface area contributed by atoms with Crippen molar-refractivity contribution in [3.8, 4) is 5.75 Å². The Morgan fingerprint density at radius 1 is 1.33 bits per heavy atom. The maximum Gasteiger partial charge on any atom is 0.194 e. The molecule has 0 fully saturated rings. The Balaban J connectivity index is 2.23. The molecule has 96 valence electrons. The number of nitrogens with one attached hydrogen (secondary N) is 1. The lowest BCUT2D eigenvalue weighted by molar-refractivity contribution is 0.400. The lowest BCUT2D eigenvalue weighted by Crippen LogP contribution is -2.05. The van der Waals surface area contributed by atoms with E-state index in [4.69, 9.17) is 4.74 Å². The average molecular weight is 283 g/mol. The molecule has 1 N–H and O–H groups in total. The fourth-order valence-corrected chi connectivity index (χ4v) is 2.71. The molecule has 0 spiro atoms. The maximum atomic E-state index is 5.37. The molecule has 0 unspecified atom stereocenters. The Hall–Kier alpha value is -1.41. The van der Waals surface area contributed by atoms with Crippen molar-refractivity contribution in [3.05, 3.63) is 12.7 Å². The molecular weight excluding hydrogens is 270 g/mol. The van der Waals surface area contributed by atoms with Gasteiger partial charge in [-0.15, -0.1) is 0 Å². The van der Waals surface area contributed by atoms with E-state index in [9.17, 15) is 0 Å². The summed E-state index contributed by atoms with van der Waals surface area (Å²) in [4.78, 5) is 12.5. The van der Waals surface area contributed by atoms with E-state index in [0.717, 1.165) is 22.3 Å². The summed E-state index contributed by atoms with van der Waals surface area (Å²) in [6.07, 6.45) is 4.06. The van der Waals surface area contributed by atoms with Crippen molar-refractivity contribution < 1.29 is 4.74 Å². The van der Waals surface area contributed by atoms with E-state index in [-0.39, 0.29) is 0 Å². The highest BCUT2D eigenvalue weighted by molar-refractivity contribution is 8.01. The normalized spacial score (nSPS) is 10.3. The second-order valence-electron chi connectivity index (χ2n) is 3.30. The molecule has 0 aliphatic rings. The molecule has 0 saturated heterocycles. The molecule has 0 aromatic carbocycles. The molecule has 8 heteroatoms. The Morgan fingerprint density at radius 3 is 2.89 bits per heavy atom. The maximum absolute atomic E-state index is 5.37. The molecule has 18 heavy (non-hydrogen) atoms. The van der Waals surface area contributed by atoms with Crippen LogP contribution in [0.4, 0.5) is 5.82 Å². The molecule has 2 aromatic heterocycles. The molecule has 0 radical (unpaired) electrons. The summed E-state index contributed by atoms with van der Waals surface area (Å²) in [6.45, 7) is 2.94. The van der Waals surface area contributed by atoms with Crippen LogP contribution in [-0.4, -0.2) is 33.0 Å². The Kier molecular flexibility index (Phi) is 4.71. The zero-order valence-corrected chi connectivity index (χ0v) is 11.7. The van der Waals surface area contributed by atoms with Crippen LogP contribution in [0.5, 0.6) is 5.75 Å². The standard InChI is InChI=1S/C10H13N5OS2/c1-3-4-11-8-7(16-2)9(13-5-12-8)17-10-14-6-15-18-10/h5-6H,3-4H2,1-2H3,(H,11,12,13). The van der Waals surface area contributed by atoms with Gasteiger partial charge in [0.15, 0.2) is 20.9 Å². The molecule has 6 nitrogen and oxygen atoms in total. The van der Waals surface area contributed by atoms with Crippen LogP contribution in [0.2, 0.25) is 0 Å². The Morgan fingerprint density at radius 2 is 2.22 bits per heavy atom. The van der Waals surface area contributed by atoms with Crippen molar-refractivity contribution in [1.82, 2.24) is 19.3 Å². The number of ether oxygens (including phenoxy) is 1. The first-order chi connectivity index (χ1) is 8.85. The summed E-state index contributed by atoms with van der Waals surface area (Å²) in [5.74, 6) is 1.35. The van der Waals surface area contributed by atoms with Crippen LogP contribution < -0.4 is 10.1 Å². The molecular formula is C10H13N5OS2. The van der Waals surface area contributed by atoms with E-state index in [1.54, 1.807) is 7.11 Å². The largest absolute Gasteiger partial charge is 0.490 e. The van der Waals surface area contributed by atoms with Crippen LogP contribution in [0.3, 0.4) is 0 Å². The summed E-state index contributed by atoms with van der Waals surface area (Å²) in [5, 5.41) is 3.95. The third-order valence-corrected chi connectivity index (χ3v) is 3.74. The molecule has 2 aromatic rings. The van der Waals surface area contributed by atoms with E-state index < -0.39 is 0 Å². The zero-order chi connectivity index (χ0) is 12.8. The molecule has 0 aliphatic heterocycles. The minimum absolute atomic E-state index is 0.645. The van der Waals surface area contributed by atoms with Crippen molar-refractivity contribution in [1.29, 1.82) is 0 Å². The first kappa shape index (κ1) is 13.0. The molecule has 0 bridgehead atoms. The van der Waals surface area contributed by atoms with Gasteiger partial charge in [-0.1, -0.05) is 6.92 Å². The number of aromatic nitrogens is 4. The van der Waals surface area contributed by atoms with Gasteiger partial charge in [-0.05, 0) is 29.7 Å². The number of nitrogens with zero attached hydrogens (tertiary/aromatic N) is 4. The SMILES string of the molecule is CCCNc1ncnc(Sc2ncns2)c1OC. The van der Waals surface area contributed by atoms with Crippen LogP contribution in [0.1, 0.15) is 13.3 Å². The smallest absolute Gasteiger partial charge is 0.194 e. The van der Waals surface area contributed by atoms with Crippen molar-refractivity contribution in [2.75, 3.05) is 19.0 Å². The van der Waals surface area contributed by atoms with Gasteiger partial charge in [0, 0.05) is 6.54 Å². The number of anilines is 1. The van der Waals surface area contributed by atoms with Crippen LogP contribution in [0, 0.1) is 0 Å². The second-order valence-corrected chi connectivity index (χ2v) is 5.31. The van der Waals surface area contributed by atoms with Gasteiger partial charge in [-0.2, -0.15) is 4.37 Å². The Labute approximate surface area is 113 Å². The molecule has 2 heterocycles. The minimum Gasteiger partial charge on any atom is -0.490 e. The van der Waals surface area contributed by atoms with Crippen molar-refractivity contribution in [2.45, 2.75) is 22.7 Å². The highest BCUT2D eigenvalue weighted by atomic mass is 32.2. The Bertz CT molecular complexity index is 491. The highest BCUT2D eigenvalue weighted by Gasteiger charge is 2.14. The second kappa shape index (κ2) is 6.50. The third-order valence-electron chi connectivity index (χ3n) is 2.04. The number of methoxy groups -OCH3 is 1. The summed E-state index contributed by atoms with van der Waals surface area (Å²) in [7, 11) is 1.61. The predicted molar refractivity (Wildman–Crippen MR) is 71.4 cm³/mol. The topological polar surface area (TPSA) is 72.8 Å². The van der Waals surface area contributed by atoms with Crippen LogP contribution >= 0.6 is 23.3 Å². The van der Waals surface area contributed by atoms with E-state index in [2.05, 4.69) is 31.6 Å². The summed E-state index contributed by atoms with van der Waals surface area (Å²) in [5.41, 5.74) is 0. The number of rotatable bonds is 6. The zero-order valence-electron chi connectivity index (χ0n) is 10.1. The van der Waals surface area contributed by atoms with Gasteiger partial charge in [-0.3, -0.25) is 0 Å². The minimum atomic E-state index is 0.645. The van der Waals surface area contributed by atoms with E-state index in [0.29, 0.717) is 11.6 Å². The third kappa shape index (κ3) is 3.08. The molecule has 0 amide bonds. The summed E-state index contributed by atoms with van der Waals surface area (Å²) < 4.78 is 10.2. The van der Waals surface area contributed by atoms with Gasteiger partial charge in [0.25, 0.3) is 0 Å². The van der Waals surface area contributed by atoms with Gasteiger partial charge in [-0.25, -0.2) is 15.0 Å². The van der Waals surface area contributed by atoms with Crippen LogP contribution in [0.15, 0.2) is 22.0 Å². The monoisotopic (exact) mass is 283 g/mol. The van der Waals surface area contributed by atoms with Crippen molar-refractivity contribution >= 4 is 29.1 Å². The lowest BCUT2D eigenvalue weighted by Gasteiger charge is -2.11. The van der Waals surface area contributed by atoms with Gasteiger partial charge < -0.3 is 10.1 Å². The summed E-state index contributed by atoms with van der Waals surface area (Å²) >= 11 is 2.75. The van der Waals surface area contributed by atoms with Gasteiger partial charge in [0.1, 0.15) is 12.7 Å². The molecule has 0 atom stereocenters. The van der Waals surface area contributed by atoms with Gasteiger partial charge in [0.2, 0.25) is 0 Å². The summed E-state index contributed by atoms with van der Waals surface area (Å²) in [6, 6.07) is 0. The van der Waals surface area contributed by atoms with Crippen molar-refractivity contribution in [3.63, 3.8) is 0 Å². The first-order valence-electron chi connectivity index (χ1n) is 5.42. The molecule has 2 rings (SSSR count). The average Bonchev–Trinajstić information content (AvgIpc) is 2.89. The van der Waals surface area contributed by atoms with Gasteiger partial charge in [0.05, 0.1) is 7.11 Å². The quantitative estimate of drug-likeness (QED) is 0.815. The van der Waals surface area contributed by atoms with Crippen LogP contribution in [0.25, 0.3) is 0 Å².